The molecule has 0 aliphatic carbocycles. The summed E-state index contributed by atoms with van der Waals surface area (Å²) in [6.45, 7) is 2.92. The summed E-state index contributed by atoms with van der Waals surface area (Å²) in [7, 11) is 0. The lowest BCUT2D eigenvalue weighted by Gasteiger charge is -2.20. The molecule has 5 heteroatoms. The predicted molar refractivity (Wildman–Crippen MR) is 83.5 cm³/mol. The lowest BCUT2D eigenvalue weighted by Crippen LogP contribution is -2.23. The highest BCUT2D eigenvalue weighted by atomic mass is 79.9. The Kier molecular flexibility index (Phi) is 5.52. The van der Waals surface area contributed by atoms with E-state index in [-0.39, 0.29) is 11.9 Å². The van der Waals surface area contributed by atoms with Gasteiger partial charge in [0.2, 0.25) is 0 Å². The molecule has 1 heterocycles. The summed E-state index contributed by atoms with van der Waals surface area (Å²) >= 11 is 9.49. The summed E-state index contributed by atoms with van der Waals surface area (Å²) in [6, 6.07) is 6.98. The van der Waals surface area contributed by atoms with E-state index in [0.29, 0.717) is 5.02 Å². The fourth-order valence-corrected chi connectivity index (χ4v) is 2.93. The molecular weight excluding hydrogens is 343 g/mol. The van der Waals surface area contributed by atoms with Crippen molar-refractivity contribution in [1.29, 1.82) is 0 Å². The molecule has 0 bridgehead atoms. The maximum absolute atomic E-state index is 13.4. The highest BCUT2D eigenvalue weighted by Gasteiger charge is 2.17. The molecule has 106 valence electrons. The van der Waals surface area contributed by atoms with Crippen molar-refractivity contribution in [3.05, 3.63) is 63.1 Å². The van der Waals surface area contributed by atoms with Gasteiger partial charge in [-0.1, -0.05) is 40.5 Å². The molecule has 1 aromatic heterocycles. The van der Waals surface area contributed by atoms with Gasteiger partial charge in [-0.2, -0.15) is 0 Å². The second kappa shape index (κ2) is 7.16. The molecule has 0 fully saturated rings. The largest absolute Gasteiger partial charge is 0.306 e. The number of rotatable bonds is 5. The minimum Gasteiger partial charge on any atom is -0.306 e. The standard InChI is InChI=1S/C15H15BrClFN2/c1-2-5-20-15(10-6-12(18)9-19-8-10)13-4-3-11(17)7-14(13)16/h3-4,6-9,15,20H,2,5H2,1H3. The molecule has 1 atom stereocenters. The van der Waals surface area contributed by atoms with E-state index < -0.39 is 0 Å². The van der Waals surface area contributed by atoms with E-state index in [9.17, 15) is 4.39 Å². The second-order valence-corrected chi connectivity index (χ2v) is 5.78. The van der Waals surface area contributed by atoms with Gasteiger partial charge in [0, 0.05) is 15.7 Å². The first-order valence-electron chi connectivity index (χ1n) is 6.40. The Hall–Kier alpha value is -0.970. The summed E-state index contributed by atoms with van der Waals surface area (Å²) in [4.78, 5) is 3.93. The van der Waals surface area contributed by atoms with E-state index in [4.69, 9.17) is 11.6 Å². The van der Waals surface area contributed by atoms with Gasteiger partial charge in [-0.05, 0) is 42.3 Å². The summed E-state index contributed by atoms with van der Waals surface area (Å²) in [5.74, 6) is -0.337. The fraction of sp³-hybridized carbons (Fsp3) is 0.267. The zero-order valence-electron chi connectivity index (χ0n) is 11.0. The number of nitrogens with one attached hydrogen (secondary N) is 1. The van der Waals surface area contributed by atoms with Gasteiger partial charge in [0.25, 0.3) is 0 Å². The molecule has 20 heavy (non-hydrogen) atoms. The van der Waals surface area contributed by atoms with E-state index in [1.54, 1.807) is 6.20 Å². The molecule has 0 saturated carbocycles. The van der Waals surface area contributed by atoms with Gasteiger partial charge >= 0.3 is 0 Å². The molecule has 0 aliphatic rings. The molecule has 1 N–H and O–H groups in total. The summed E-state index contributed by atoms with van der Waals surface area (Å²) in [5.41, 5.74) is 1.80. The number of hydrogen-bond donors (Lipinski definition) is 1. The number of benzene rings is 1. The monoisotopic (exact) mass is 356 g/mol. The van der Waals surface area contributed by atoms with Crippen molar-refractivity contribution in [1.82, 2.24) is 10.3 Å². The third-order valence-corrected chi connectivity index (χ3v) is 3.85. The van der Waals surface area contributed by atoms with Crippen LogP contribution in [0.15, 0.2) is 41.1 Å². The molecule has 0 radical (unpaired) electrons. The van der Waals surface area contributed by atoms with Crippen LogP contribution in [-0.4, -0.2) is 11.5 Å². The zero-order valence-corrected chi connectivity index (χ0v) is 13.4. The van der Waals surface area contributed by atoms with Gasteiger partial charge in [-0.15, -0.1) is 0 Å². The zero-order chi connectivity index (χ0) is 14.5. The second-order valence-electron chi connectivity index (χ2n) is 4.49. The normalized spacial score (nSPS) is 12.4. The Balaban J connectivity index is 2.41. The van der Waals surface area contributed by atoms with Crippen LogP contribution in [0.1, 0.15) is 30.5 Å². The Morgan fingerprint density at radius 1 is 1.35 bits per heavy atom. The predicted octanol–water partition coefficient (Wildman–Crippen LogP) is 4.73. The van der Waals surface area contributed by atoms with Crippen molar-refractivity contribution in [3.63, 3.8) is 0 Å². The van der Waals surface area contributed by atoms with E-state index in [2.05, 4.69) is 33.2 Å². The lowest BCUT2D eigenvalue weighted by atomic mass is 10.00. The van der Waals surface area contributed by atoms with Crippen LogP contribution in [0.3, 0.4) is 0 Å². The average molecular weight is 358 g/mol. The number of hydrogen-bond acceptors (Lipinski definition) is 2. The van der Waals surface area contributed by atoms with Gasteiger partial charge in [-0.25, -0.2) is 4.39 Å². The molecular formula is C15H15BrClFN2. The van der Waals surface area contributed by atoms with Gasteiger partial charge in [0.05, 0.1) is 12.2 Å². The van der Waals surface area contributed by atoms with Crippen LogP contribution in [0, 0.1) is 5.82 Å². The Morgan fingerprint density at radius 3 is 2.80 bits per heavy atom. The van der Waals surface area contributed by atoms with Crippen molar-refractivity contribution in [2.75, 3.05) is 6.54 Å². The first-order chi connectivity index (χ1) is 9.61. The van der Waals surface area contributed by atoms with Crippen LogP contribution in [0.2, 0.25) is 5.02 Å². The highest BCUT2D eigenvalue weighted by molar-refractivity contribution is 9.10. The van der Waals surface area contributed by atoms with Crippen LogP contribution in [0.25, 0.3) is 0 Å². The summed E-state index contributed by atoms with van der Waals surface area (Å²) in [5, 5.41) is 4.07. The molecule has 0 saturated heterocycles. The molecule has 2 nitrogen and oxygen atoms in total. The smallest absolute Gasteiger partial charge is 0.141 e. The molecule has 2 rings (SSSR count). The third kappa shape index (κ3) is 3.78. The van der Waals surface area contributed by atoms with Crippen molar-refractivity contribution < 1.29 is 4.39 Å². The third-order valence-electron chi connectivity index (χ3n) is 2.93. The van der Waals surface area contributed by atoms with Crippen LogP contribution in [0.4, 0.5) is 4.39 Å². The average Bonchev–Trinajstić information content (AvgIpc) is 2.41. The summed E-state index contributed by atoms with van der Waals surface area (Å²) in [6.07, 6.45) is 3.87. The first-order valence-corrected chi connectivity index (χ1v) is 7.57. The van der Waals surface area contributed by atoms with E-state index in [1.165, 1.54) is 12.3 Å². The molecule has 0 aliphatic heterocycles. The topological polar surface area (TPSA) is 24.9 Å². The van der Waals surface area contributed by atoms with Crippen molar-refractivity contribution >= 4 is 27.5 Å². The molecule has 2 aromatic rings. The first kappa shape index (κ1) is 15.4. The number of aromatic nitrogens is 1. The Labute approximate surface area is 131 Å². The van der Waals surface area contributed by atoms with Gasteiger partial charge in [0.15, 0.2) is 0 Å². The minimum atomic E-state index is -0.337. The minimum absolute atomic E-state index is 0.121. The van der Waals surface area contributed by atoms with Crippen LogP contribution in [-0.2, 0) is 0 Å². The SMILES string of the molecule is CCCNC(c1cncc(F)c1)c1ccc(Cl)cc1Br. The van der Waals surface area contributed by atoms with E-state index in [1.807, 2.05) is 18.2 Å². The van der Waals surface area contributed by atoms with Gasteiger partial charge in [-0.3, -0.25) is 4.98 Å². The highest BCUT2D eigenvalue weighted by Crippen LogP contribution is 2.30. The van der Waals surface area contributed by atoms with E-state index in [0.717, 1.165) is 28.6 Å². The van der Waals surface area contributed by atoms with Crippen molar-refractivity contribution in [3.8, 4) is 0 Å². The Bertz CT molecular complexity index is 592. The molecule has 1 aromatic carbocycles. The maximum Gasteiger partial charge on any atom is 0.141 e. The number of halogens is 3. The fourth-order valence-electron chi connectivity index (χ4n) is 2.02. The van der Waals surface area contributed by atoms with Crippen molar-refractivity contribution in [2.24, 2.45) is 0 Å². The molecule has 0 amide bonds. The Morgan fingerprint density at radius 2 is 2.15 bits per heavy atom. The lowest BCUT2D eigenvalue weighted by molar-refractivity contribution is 0.579. The van der Waals surface area contributed by atoms with Crippen LogP contribution >= 0.6 is 27.5 Å². The van der Waals surface area contributed by atoms with Crippen LogP contribution in [0.5, 0.6) is 0 Å². The van der Waals surface area contributed by atoms with Crippen LogP contribution < -0.4 is 5.32 Å². The molecule has 1 unspecified atom stereocenters. The quantitative estimate of drug-likeness (QED) is 0.837. The number of pyridine rings is 1. The summed E-state index contributed by atoms with van der Waals surface area (Å²) < 4.78 is 14.3. The van der Waals surface area contributed by atoms with Crippen molar-refractivity contribution in [2.45, 2.75) is 19.4 Å². The number of nitrogens with zero attached hydrogens (tertiary/aromatic N) is 1. The van der Waals surface area contributed by atoms with Gasteiger partial charge in [0.1, 0.15) is 5.82 Å². The van der Waals surface area contributed by atoms with E-state index >= 15 is 0 Å². The molecule has 0 spiro atoms. The van der Waals surface area contributed by atoms with Gasteiger partial charge < -0.3 is 5.32 Å². The maximum atomic E-state index is 13.4.